The molecule has 1 fully saturated rings. The van der Waals surface area contributed by atoms with E-state index in [-0.39, 0.29) is 6.03 Å². The Kier molecular flexibility index (Phi) is 6.09. The highest BCUT2D eigenvalue weighted by atomic mass is 35.5. The second kappa shape index (κ2) is 8.94. The van der Waals surface area contributed by atoms with Crippen LogP contribution < -0.4 is 10.2 Å². The lowest BCUT2D eigenvalue weighted by atomic mass is 9.99. The Balaban J connectivity index is 1.38. The van der Waals surface area contributed by atoms with E-state index in [0.29, 0.717) is 36.9 Å². The van der Waals surface area contributed by atoms with Crippen LogP contribution in [0, 0.1) is 20.8 Å². The molecule has 6 nitrogen and oxygen atoms in total. The van der Waals surface area contributed by atoms with Gasteiger partial charge in [0.2, 0.25) is 0 Å². The molecule has 1 aliphatic heterocycles. The second-order valence-corrected chi connectivity index (χ2v) is 8.32. The average molecular weight is 436 g/mol. The van der Waals surface area contributed by atoms with Gasteiger partial charge in [0.1, 0.15) is 0 Å². The zero-order valence-electron chi connectivity index (χ0n) is 18.0. The summed E-state index contributed by atoms with van der Waals surface area (Å²) in [7, 11) is 0. The standard InChI is InChI=1S/C24H26ClN5O/c1-16-14-18(3)19(15-17(16)2)21-8-9-23(28-27-21)29-10-12-30(13-11-29)24(31)26-22-7-5-4-6-20(22)25/h4-9,14-15H,10-13H2,1-3H3,(H,26,31). The molecule has 31 heavy (non-hydrogen) atoms. The van der Waals surface area contributed by atoms with Crippen LogP contribution in [0.5, 0.6) is 0 Å². The van der Waals surface area contributed by atoms with E-state index < -0.39 is 0 Å². The smallest absolute Gasteiger partial charge is 0.322 e. The minimum absolute atomic E-state index is 0.139. The normalized spacial score (nSPS) is 13.9. The number of nitrogens with one attached hydrogen (secondary N) is 1. The van der Waals surface area contributed by atoms with Crippen LogP contribution in [0.3, 0.4) is 0 Å². The van der Waals surface area contributed by atoms with Gasteiger partial charge in [0.25, 0.3) is 0 Å². The lowest BCUT2D eigenvalue weighted by molar-refractivity contribution is 0.208. The third kappa shape index (κ3) is 4.64. The van der Waals surface area contributed by atoms with Gasteiger partial charge in [-0.2, -0.15) is 0 Å². The Bertz CT molecular complexity index is 1090. The fraction of sp³-hybridized carbons (Fsp3) is 0.292. The van der Waals surface area contributed by atoms with Gasteiger partial charge in [-0.3, -0.25) is 0 Å². The summed E-state index contributed by atoms with van der Waals surface area (Å²) in [5.74, 6) is 0.830. The number of carbonyl (C=O) groups excluding carboxylic acids is 1. The summed E-state index contributed by atoms with van der Waals surface area (Å²) in [6, 6.07) is 15.5. The quantitative estimate of drug-likeness (QED) is 0.623. The SMILES string of the molecule is Cc1cc(C)c(-c2ccc(N3CCN(C(=O)Nc4ccccc4Cl)CC3)nn2)cc1C. The van der Waals surface area contributed by atoms with Crippen molar-refractivity contribution in [2.45, 2.75) is 20.8 Å². The highest BCUT2D eigenvalue weighted by Crippen LogP contribution is 2.26. The van der Waals surface area contributed by atoms with E-state index >= 15 is 0 Å². The van der Waals surface area contributed by atoms with E-state index in [1.165, 1.54) is 16.7 Å². The largest absolute Gasteiger partial charge is 0.352 e. The summed E-state index contributed by atoms with van der Waals surface area (Å²) in [6.45, 7) is 8.95. The molecule has 7 heteroatoms. The first kappa shape index (κ1) is 21.1. The van der Waals surface area contributed by atoms with Crippen molar-refractivity contribution in [1.29, 1.82) is 0 Å². The summed E-state index contributed by atoms with van der Waals surface area (Å²) >= 11 is 6.14. The van der Waals surface area contributed by atoms with Gasteiger partial charge in [-0.05, 0) is 67.8 Å². The predicted molar refractivity (Wildman–Crippen MR) is 126 cm³/mol. The topological polar surface area (TPSA) is 61.4 Å². The molecule has 2 heterocycles. The van der Waals surface area contributed by atoms with Crippen molar-refractivity contribution in [2.24, 2.45) is 0 Å². The number of urea groups is 1. The molecule has 4 rings (SSSR count). The Morgan fingerprint density at radius 2 is 1.61 bits per heavy atom. The number of aryl methyl sites for hydroxylation is 3. The number of aromatic nitrogens is 2. The molecule has 1 aliphatic rings. The average Bonchev–Trinajstić information content (AvgIpc) is 2.78. The van der Waals surface area contributed by atoms with Crippen LogP contribution >= 0.6 is 11.6 Å². The molecule has 0 saturated carbocycles. The number of benzene rings is 2. The van der Waals surface area contributed by atoms with Gasteiger partial charge in [-0.15, -0.1) is 10.2 Å². The Morgan fingerprint density at radius 3 is 2.29 bits per heavy atom. The van der Waals surface area contributed by atoms with Crippen LogP contribution in [0.15, 0.2) is 48.5 Å². The molecule has 1 N–H and O–H groups in total. The van der Waals surface area contributed by atoms with Crippen molar-refractivity contribution in [3.63, 3.8) is 0 Å². The summed E-state index contributed by atoms with van der Waals surface area (Å²) in [6.07, 6.45) is 0. The number of amides is 2. The first-order valence-corrected chi connectivity index (χ1v) is 10.8. The van der Waals surface area contributed by atoms with Gasteiger partial charge in [0.15, 0.2) is 5.82 Å². The van der Waals surface area contributed by atoms with Crippen LogP contribution in [-0.4, -0.2) is 47.3 Å². The van der Waals surface area contributed by atoms with Crippen molar-refractivity contribution in [2.75, 3.05) is 36.4 Å². The van der Waals surface area contributed by atoms with Gasteiger partial charge >= 0.3 is 6.03 Å². The van der Waals surface area contributed by atoms with Gasteiger partial charge in [0.05, 0.1) is 16.4 Å². The molecule has 2 aromatic carbocycles. The summed E-state index contributed by atoms with van der Waals surface area (Å²) in [4.78, 5) is 16.5. The van der Waals surface area contributed by atoms with Crippen molar-refractivity contribution >= 4 is 29.1 Å². The van der Waals surface area contributed by atoms with E-state index in [9.17, 15) is 4.79 Å². The lowest BCUT2D eigenvalue weighted by Gasteiger charge is -2.35. The molecule has 2 amide bonds. The number of para-hydroxylation sites is 1. The van der Waals surface area contributed by atoms with E-state index in [2.05, 4.69) is 53.3 Å². The van der Waals surface area contributed by atoms with Crippen LogP contribution in [0.2, 0.25) is 5.02 Å². The molecular weight excluding hydrogens is 410 g/mol. The highest BCUT2D eigenvalue weighted by Gasteiger charge is 2.22. The fourth-order valence-corrected chi connectivity index (χ4v) is 3.95. The number of halogens is 1. The minimum Gasteiger partial charge on any atom is -0.352 e. The molecule has 0 spiro atoms. The molecule has 0 unspecified atom stereocenters. The Hall–Kier alpha value is -3.12. The Labute approximate surface area is 187 Å². The van der Waals surface area contributed by atoms with Crippen LogP contribution in [0.25, 0.3) is 11.3 Å². The van der Waals surface area contributed by atoms with E-state index in [1.54, 1.807) is 17.0 Å². The van der Waals surface area contributed by atoms with Crippen molar-refractivity contribution < 1.29 is 4.79 Å². The second-order valence-electron chi connectivity index (χ2n) is 7.91. The maximum Gasteiger partial charge on any atom is 0.322 e. The molecular formula is C24H26ClN5O. The van der Waals surface area contributed by atoms with Crippen LogP contribution in [-0.2, 0) is 0 Å². The van der Waals surface area contributed by atoms with Crippen molar-refractivity contribution in [3.05, 3.63) is 70.2 Å². The van der Waals surface area contributed by atoms with Crippen LogP contribution in [0.4, 0.5) is 16.3 Å². The van der Waals surface area contributed by atoms with E-state index in [1.807, 2.05) is 24.3 Å². The molecule has 3 aromatic rings. The van der Waals surface area contributed by atoms with Crippen molar-refractivity contribution in [3.8, 4) is 11.3 Å². The number of nitrogens with zero attached hydrogens (tertiary/aromatic N) is 4. The maximum atomic E-state index is 12.6. The molecule has 0 radical (unpaired) electrons. The molecule has 160 valence electrons. The molecule has 0 atom stereocenters. The Morgan fingerprint density at radius 1 is 0.903 bits per heavy atom. The number of hydrogen-bond donors (Lipinski definition) is 1. The number of piperazine rings is 1. The van der Waals surface area contributed by atoms with Gasteiger partial charge in [-0.1, -0.05) is 29.8 Å². The lowest BCUT2D eigenvalue weighted by Crippen LogP contribution is -2.50. The molecule has 0 aliphatic carbocycles. The van der Waals surface area contributed by atoms with Crippen molar-refractivity contribution in [1.82, 2.24) is 15.1 Å². The zero-order chi connectivity index (χ0) is 22.0. The summed E-state index contributed by atoms with van der Waals surface area (Å²) in [5, 5.41) is 12.4. The zero-order valence-corrected chi connectivity index (χ0v) is 18.8. The molecule has 0 bridgehead atoms. The number of anilines is 2. The fourth-order valence-electron chi connectivity index (χ4n) is 3.77. The van der Waals surface area contributed by atoms with Gasteiger partial charge in [-0.25, -0.2) is 4.79 Å². The number of rotatable bonds is 3. The minimum atomic E-state index is -0.139. The first-order valence-electron chi connectivity index (χ1n) is 10.4. The number of hydrogen-bond acceptors (Lipinski definition) is 4. The monoisotopic (exact) mass is 435 g/mol. The summed E-state index contributed by atoms with van der Waals surface area (Å²) in [5.41, 5.74) is 6.34. The van der Waals surface area contributed by atoms with Crippen LogP contribution in [0.1, 0.15) is 16.7 Å². The van der Waals surface area contributed by atoms with Gasteiger partial charge in [0, 0.05) is 31.7 Å². The first-order chi connectivity index (χ1) is 14.9. The highest BCUT2D eigenvalue weighted by molar-refractivity contribution is 6.33. The van der Waals surface area contributed by atoms with Gasteiger partial charge < -0.3 is 15.1 Å². The molecule has 1 aromatic heterocycles. The van der Waals surface area contributed by atoms with E-state index in [0.717, 1.165) is 17.1 Å². The molecule has 1 saturated heterocycles. The number of carbonyl (C=O) groups is 1. The van der Waals surface area contributed by atoms with E-state index in [4.69, 9.17) is 11.6 Å². The third-order valence-corrected chi connectivity index (χ3v) is 6.10. The predicted octanol–water partition coefficient (Wildman–Crippen LogP) is 5.08. The maximum absolute atomic E-state index is 12.6. The third-order valence-electron chi connectivity index (χ3n) is 5.77. The summed E-state index contributed by atoms with van der Waals surface area (Å²) < 4.78 is 0.